The van der Waals surface area contributed by atoms with E-state index >= 15 is 0 Å². The minimum absolute atomic E-state index is 0.00591. The third kappa shape index (κ3) is 5.24. The van der Waals surface area contributed by atoms with Crippen molar-refractivity contribution in [1.82, 2.24) is 14.3 Å². The average molecular weight is 498 g/mol. The van der Waals surface area contributed by atoms with Gasteiger partial charge in [-0.15, -0.1) is 0 Å². The fraction of sp³-hybridized carbons (Fsp3) is 0.200. The van der Waals surface area contributed by atoms with Gasteiger partial charge in [0.25, 0.3) is 10.0 Å². The lowest BCUT2D eigenvalue weighted by Crippen LogP contribution is -2.31. The van der Waals surface area contributed by atoms with Gasteiger partial charge in [0.1, 0.15) is 5.82 Å². The molecule has 0 bridgehead atoms. The number of nitrogens with zero attached hydrogens (tertiary/aromatic N) is 2. The zero-order valence-corrected chi connectivity index (χ0v) is 20.4. The molecule has 1 amide bonds. The molecule has 1 heterocycles. The minimum Gasteiger partial charge on any atom is -0.448 e. The number of ether oxygens (including phenoxy) is 1. The summed E-state index contributed by atoms with van der Waals surface area (Å²) in [5.74, 6) is 0.930. The summed E-state index contributed by atoms with van der Waals surface area (Å²) >= 11 is 6.11. The highest BCUT2D eigenvalue weighted by Gasteiger charge is 2.18. The van der Waals surface area contributed by atoms with Gasteiger partial charge in [0.2, 0.25) is 0 Å². The summed E-state index contributed by atoms with van der Waals surface area (Å²) in [7, 11) is -3.97. The second-order valence-electron chi connectivity index (χ2n) is 7.82. The number of nitrogens with one attached hydrogen (secondary N) is 1. The molecule has 0 aliphatic rings. The molecule has 7 nitrogen and oxygen atoms in total. The molecule has 0 aliphatic carbocycles. The van der Waals surface area contributed by atoms with Gasteiger partial charge in [-0.2, -0.15) is 0 Å². The predicted octanol–water partition coefficient (Wildman–Crippen LogP) is 5.21. The van der Waals surface area contributed by atoms with Crippen LogP contribution >= 0.6 is 11.6 Å². The van der Waals surface area contributed by atoms with Crippen LogP contribution in [0.5, 0.6) is 0 Å². The van der Waals surface area contributed by atoms with Gasteiger partial charge in [-0.3, -0.25) is 4.57 Å². The van der Waals surface area contributed by atoms with Gasteiger partial charge in [0, 0.05) is 23.6 Å². The molecule has 0 radical (unpaired) electrons. The Morgan fingerprint density at radius 3 is 2.44 bits per heavy atom. The third-order valence-electron chi connectivity index (χ3n) is 5.37. The molecule has 176 valence electrons. The molecule has 0 saturated heterocycles. The van der Waals surface area contributed by atoms with Gasteiger partial charge in [-0.25, -0.2) is 22.9 Å². The number of amides is 1. The van der Waals surface area contributed by atoms with Gasteiger partial charge >= 0.3 is 6.09 Å². The van der Waals surface area contributed by atoms with E-state index in [1.165, 1.54) is 12.1 Å². The Kier molecular flexibility index (Phi) is 6.90. The quantitative estimate of drug-likeness (QED) is 0.378. The van der Waals surface area contributed by atoms with E-state index in [2.05, 4.69) is 16.5 Å². The zero-order chi connectivity index (χ0) is 24.3. The summed E-state index contributed by atoms with van der Waals surface area (Å²) in [6, 6.07) is 19.7. The molecular weight excluding hydrogens is 474 g/mol. The van der Waals surface area contributed by atoms with Crippen molar-refractivity contribution in [2.75, 3.05) is 6.61 Å². The van der Waals surface area contributed by atoms with Crippen LogP contribution in [0.1, 0.15) is 23.9 Å². The van der Waals surface area contributed by atoms with Crippen LogP contribution in [0.4, 0.5) is 4.79 Å². The van der Waals surface area contributed by atoms with Crippen molar-refractivity contribution in [3.8, 4) is 5.69 Å². The first kappa shape index (κ1) is 23.8. The molecule has 0 saturated carbocycles. The Labute approximate surface area is 203 Å². The Hall–Kier alpha value is -3.36. The first-order valence-electron chi connectivity index (χ1n) is 10.8. The number of hydrogen-bond donors (Lipinski definition) is 1. The topological polar surface area (TPSA) is 90.3 Å². The van der Waals surface area contributed by atoms with E-state index in [4.69, 9.17) is 16.3 Å². The smallest absolute Gasteiger partial charge is 0.421 e. The average Bonchev–Trinajstić information content (AvgIpc) is 3.17. The Morgan fingerprint density at radius 2 is 1.76 bits per heavy atom. The number of halogens is 1. The molecular formula is C25H24ClN3O4S. The predicted molar refractivity (Wildman–Crippen MR) is 132 cm³/mol. The van der Waals surface area contributed by atoms with Crippen LogP contribution in [0.15, 0.2) is 71.6 Å². The number of fused-ring (bicyclic) bond motifs is 1. The van der Waals surface area contributed by atoms with E-state index in [1.807, 2.05) is 54.1 Å². The molecule has 0 atom stereocenters. The van der Waals surface area contributed by atoms with Crippen molar-refractivity contribution in [2.45, 2.75) is 31.6 Å². The van der Waals surface area contributed by atoms with Gasteiger partial charge in [0.15, 0.2) is 0 Å². The third-order valence-corrected chi connectivity index (χ3v) is 6.93. The molecule has 0 spiro atoms. The maximum absolute atomic E-state index is 12.3. The normalized spacial score (nSPS) is 11.5. The summed E-state index contributed by atoms with van der Waals surface area (Å²) in [6.45, 7) is 3.94. The van der Waals surface area contributed by atoms with Crippen molar-refractivity contribution in [2.24, 2.45) is 0 Å². The van der Waals surface area contributed by atoms with Crippen LogP contribution in [0.3, 0.4) is 0 Å². The number of hydrogen-bond acceptors (Lipinski definition) is 5. The fourth-order valence-electron chi connectivity index (χ4n) is 3.62. The van der Waals surface area contributed by atoms with E-state index in [0.29, 0.717) is 11.4 Å². The van der Waals surface area contributed by atoms with Crippen molar-refractivity contribution >= 4 is 38.8 Å². The highest BCUT2D eigenvalue weighted by molar-refractivity contribution is 7.90. The summed E-state index contributed by atoms with van der Waals surface area (Å²) in [6.07, 6.45) is 0.204. The number of sulfonamides is 1. The van der Waals surface area contributed by atoms with Crippen molar-refractivity contribution in [3.05, 3.63) is 88.7 Å². The van der Waals surface area contributed by atoms with Crippen molar-refractivity contribution < 1.29 is 17.9 Å². The van der Waals surface area contributed by atoms with Crippen LogP contribution in [-0.4, -0.2) is 30.7 Å². The van der Waals surface area contributed by atoms with Gasteiger partial charge in [0.05, 0.1) is 22.5 Å². The summed E-state index contributed by atoms with van der Waals surface area (Å²) in [5.41, 5.74) is 4.65. The number of aryl methyl sites for hydroxylation is 2. The lowest BCUT2D eigenvalue weighted by Gasteiger charge is -2.10. The molecule has 9 heteroatoms. The molecule has 4 rings (SSSR count). The van der Waals surface area contributed by atoms with Crippen LogP contribution in [0.2, 0.25) is 5.02 Å². The number of imidazole rings is 1. The maximum Gasteiger partial charge on any atom is 0.421 e. The number of benzene rings is 3. The number of carbonyl (C=O) groups excluding carboxylic acids is 1. The van der Waals surface area contributed by atoms with Crippen molar-refractivity contribution in [1.29, 1.82) is 0 Å². The summed E-state index contributed by atoms with van der Waals surface area (Å²) in [4.78, 5) is 16.7. The monoisotopic (exact) mass is 497 g/mol. The minimum atomic E-state index is -3.97. The largest absolute Gasteiger partial charge is 0.448 e. The Bertz CT molecular complexity index is 1430. The SMILES string of the molecule is CCc1nc2cc(Cl)ccc2n1-c1ccc(CCOC(=O)NS(=O)(=O)c2ccc(C)cc2)cc1. The Balaban J connectivity index is 1.38. The van der Waals surface area contributed by atoms with E-state index in [-0.39, 0.29) is 11.5 Å². The lowest BCUT2D eigenvalue weighted by molar-refractivity contribution is 0.154. The molecule has 0 aliphatic heterocycles. The molecule has 1 aromatic heterocycles. The second kappa shape index (κ2) is 9.87. The summed E-state index contributed by atoms with van der Waals surface area (Å²) in [5, 5.41) is 0.644. The van der Waals surface area contributed by atoms with Crippen LogP contribution in [0.25, 0.3) is 16.7 Å². The molecule has 4 aromatic rings. The zero-order valence-electron chi connectivity index (χ0n) is 18.8. The van der Waals surface area contributed by atoms with E-state index < -0.39 is 16.1 Å². The molecule has 0 unspecified atom stereocenters. The lowest BCUT2D eigenvalue weighted by atomic mass is 10.1. The fourth-order valence-corrected chi connectivity index (χ4v) is 4.67. The second-order valence-corrected chi connectivity index (χ2v) is 9.94. The number of rotatable bonds is 7. The van der Waals surface area contributed by atoms with Gasteiger partial charge in [-0.05, 0) is 55.0 Å². The first-order chi connectivity index (χ1) is 16.3. The number of carbonyl (C=O) groups is 1. The summed E-state index contributed by atoms with van der Waals surface area (Å²) < 4.78 is 33.7. The van der Waals surface area contributed by atoms with E-state index in [1.54, 1.807) is 12.1 Å². The maximum atomic E-state index is 12.3. The van der Waals surface area contributed by atoms with Gasteiger partial charge in [-0.1, -0.05) is 48.4 Å². The Morgan fingerprint density at radius 1 is 1.06 bits per heavy atom. The standard InChI is InChI=1S/C25H24ClN3O4S/c1-3-24-27-22-16-19(26)8-13-23(22)29(24)20-9-6-18(7-10-20)14-15-33-25(30)28-34(31,32)21-11-4-17(2)5-12-21/h4-13,16H,3,14-15H2,1-2H3,(H,28,30). The molecule has 1 N–H and O–H groups in total. The molecule has 34 heavy (non-hydrogen) atoms. The van der Waals surface area contributed by atoms with Gasteiger partial charge < -0.3 is 4.74 Å². The highest BCUT2D eigenvalue weighted by atomic mass is 35.5. The van der Waals surface area contributed by atoms with E-state index in [9.17, 15) is 13.2 Å². The highest BCUT2D eigenvalue weighted by Crippen LogP contribution is 2.25. The van der Waals surface area contributed by atoms with E-state index in [0.717, 1.165) is 40.1 Å². The first-order valence-corrected chi connectivity index (χ1v) is 12.7. The van der Waals surface area contributed by atoms with Crippen LogP contribution < -0.4 is 4.72 Å². The number of aromatic nitrogens is 2. The molecule has 3 aromatic carbocycles. The van der Waals surface area contributed by atoms with Crippen molar-refractivity contribution in [3.63, 3.8) is 0 Å². The molecule has 0 fully saturated rings. The van der Waals surface area contributed by atoms with Crippen LogP contribution in [0, 0.1) is 6.92 Å². The van der Waals surface area contributed by atoms with Crippen LogP contribution in [-0.2, 0) is 27.6 Å².